The fourth-order valence-corrected chi connectivity index (χ4v) is 5.49. The van der Waals surface area contributed by atoms with Crippen LogP contribution < -0.4 is 4.46 Å². The zero-order chi connectivity index (χ0) is 15.9. The molecule has 3 heteroatoms. The van der Waals surface area contributed by atoms with Gasteiger partial charge in [-0.1, -0.05) is 0 Å². The molecule has 0 spiro atoms. The van der Waals surface area contributed by atoms with Crippen LogP contribution in [0, 0.1) is 0 Å². The molecule has 0 heterocycles. The molecule has 23 heavy (non-hydrogen) atoms. The molecule has 1 aliphatic rings. The molecule has 0 atom stereocenters. The molecule has 3 rings (SSSR count). The van der Waals surface area contributed by atoms with Gasteiger partial charge in [-0.25, -0.2) is 0 Å². The second kappa shape index (κ2) is 8.68. The summed E-state index contributed by atoms with van der Waals surface area (Å²) < 4.78 is 1.36. The van der Waals surface area contributed by atoms with Crippen LogP contribution in [0.2, 0.25) is 0 Å². The maximum absolute atomic E-state index is 6.59. The third-order valence-corrected chi connectivity index (χ3v) is 6.92. The summed E-state index contributed by atoms with van der Waals surface area (Å²) in [7, 11) is 0. The van der Waals surface area contributed by atoms with E-state index in [1.54, 1.807) is 0 Å². The number of nitrogens with zero attached hydrogens (tertiary/aromatic N) is 1. The topological polar surface area (TPSA) is 12.4 Å². The van der Waals surface area contributed by atoms with Crippen molar-refractivity contribution in [1.29, 1.82) is 0 Å². The zero-order valence-corrected chi connectivity index (χ0v) is 15.7. The van der Waals surface area contributed by atoms with Crippen molar-refractivity contribution in [2.75, 3.05) is 0 Å². The molecule has 0 amide bonds. The third-order valence-electron chi connectivity index (χ3n) is 4.22. The number of benzene rings is 2. The van der Waals surface area contributed by atoms with Gasteiger partial charge in [-0.3, -0.25) is 0 Å². The molecular formula is C20H22ClNSe. The van der Waals surface area contributed by atoms with E-state index in [4.69, 9.17) is 16.6 Å². The summed E-state index contributed by atoms with van der Waals surface area (Å²) in [6.45, 7) is 0. The van der Waals surface area contributed by atoms with E-state index in [1.807, 2.05) is 0 Å². The molecule has 0 aliphatic heterocycles. The van der Waals surface area contributed by atoms with E-state index < -0.39 is 0 Å². The van der Waals surface area contributed by atoms with E-state index in [-0.39, 0.29) is 0 Å². The summed E-state index contributed by atoms with van der Waals surface area (Å²) in [4.78, 5) is 4.81. The second-order valence-corrected chi connectivity index (χ2v) is 8.47. The Morgan fingerprint density at radius 3 is 2.43 bits per heavy atom. The van der Waals surface area contributed by atoms with Crippen LogP contribution in [0.15, 0.2) is 59.6 Å². The monoisotopic (exact) mass is 391 g/mol. The normalized spacial score (nSPS) is 16.5. The molecule has 1 fully saturated rings. The molecule has 0 saturated heterocycles. The van der Waals surface area contributed by atoms with Crippen LogP contribution in [-0.2, 0) is 5.32 Å². The van der Waals surface area contributed by atoms with Crippen molar-refractivity contribution < 1.29 is 0 Å². The summed E-state index contributed by atoms with van der Waals surface area (Å²) in [5.74, 6) is 0. The fourth-order valence-electron chi connectivity index (χ4n) is 2.94. The van der Waals surface area contributed by atoms with E-state index in [1.165, 1.54) is 42.1 Å². The summed E-state index contributed by atoms with van der Waals surface area (Å²) in [5, 5.41) is 1.81. The quantitative estimate of drug-likeness (QED) is 0.525. The summed E-state index contributed by atoms with van der Waals surface area (Å²) in [6, 6.07) is 19.6. The first-order valence-electron chi connectivity index (χ1n) is 8.32. The first kappa shape index (κ1) is 16.8. The van der Waals surface area contributed by atoms with Gasteiger partial charge in [0.15, 0.2) is 0 Å². The minimum atomic E-state index is 0.375. The molecule has 0 N–H and O–H groups in total. The van der Waals surface area contributed by atoms with Gasteiger partial charge in [0.1, 0.15) is 0 Å². The van der Waals surface area contributed by atoms with Crippen molar-refractivity contribution in [3.63, 3.8) is 0 Å². The average Bonchev–Trinajstić information content (AvgIpc) is 2.62. The Morgan fingerprint density at radius 1 is 0.957 bits per heavy atom. The van der Waals surface area contributed by atoms with E-state index >= 15 is 0 Å². The number of hydrogen-bond acceptors (Lipinski definition) is 1. The molecule has 2 aromatic carbocycles. The van der Waals surface area contributed by atoms with Gasteiger partial charge in [-0.15, -0.1) is 0 Å². The van der Waals surface area contributed by atoms with Crippen LogP contribution >= 0.6 is 11.6 Å². The Kier molecular flexibility index (Phi) is 6.33. The van der Waals surface area contributed by atoms with Crippen LogP contribution in [0.1, 0.15) is 43.2 Å². The van der Waals surface area contributed by atoms with Gasteiger partial charge in [0.25, 0.3) is 0 Å². The molecular weight excluding hydrogens is 369 g/mol. The van der Waals surface area contributed by atoms with Crippen molar-refractivity contribution in [2.24, 2.45) is 4.99 Å². The van der Waals surface area contributed by atoms with Crippen LogP contribution in [0.4, 0.5) is 0 Å². The number of rotatable bonds is 5. The second-order valence-electron chi connectivity index (χ2n) is 5.98. The van der Waals surface area contributed by atoms with E-state index in [9.17, 15) is 0 Å². The van der Waals surface area contributed by atoms with E-state index in [0.29, 0.717) is 26.2 Å². The van der Waals surface area contributed by atoms with Crippen molar-refractivity contribution in [2.45, 2.75) is 43.5 Å². The van der Waals surface area contributed by atoms with Gasteiger partial charge in [0, 0.05) is 0 Å². The molecule has 0 aromatic heterocycles. The molecule has 0 unspecified atom stereocenters. The molecule has 1 aliphatic carbocycles. The molecule has 0 bridgehead atoms. The SMILES string of the molecule is ClC(=NC1CCCCC1)c1ccccc1[Se]Cc1ccccc1. The van der Waals surface area contributed by atoms with Gasteiger partial charge in [0.05, 0.1) is 0 Å². The summed E-state index contributed by atoms with van der Waals surface area (Å²) in [5.41, 5.74) is 2.53. The standard InChI is InChI=1S/C20H22ClNSe/c21-20(22-17-11-5-2-6-12-17)18-13-7-8-14-19(18)23-15-16-9-3-1-4-10-16/h1,3-4,7-10,13-14,17H,2,5-6,11-12,15H2. The zero-order valence-electron chi connectivity index (χ0n) is 13.2. The van der Waals surface area contributed by atoms with Crippen molar-refractivity contribution in [1.82, 2.24) is 0 Å². The average molecular weight is 391 g/mol. The Bertz CT molecular complexity index is 648. The van der Waals surface area contributed by atoms with Gasteiger partial charge in [0.2, 0.25) is 0 Å². The predicted molar refractivity (Wildman–Crippen MR) is 101 cm³/mol. The van der Waals surface area contributed by atoms with Gasteiger partial charge >= 0.3 is 150 Å². The fraction of sp³-hybridized carbons (Fsp3) is 0.350. The molecule has 1 nitrogen and oxygen atoms in total. The van der Waals surface area contributed by atoms with Crippen LogP contribution in [0.3, 0.4) is 0 Å². The summed E-state index contributed by atoms with van der Waals surface area (Å²) >= 11 is 6.96. The first-order valence-corrected chi connectivity index (χ1v) is 10.8. The number of halogens is 1. The van der Waals surface area contributed by atoms with Crippen molar-refractivity contribution in [3.8, 4) is 0 Å². The third kappa shape index (κ3) is 4.94. The molecule has 2 aromatic rings. The van der Waals surface area contributed by atoms with E-state index in [0.717, 1.165) is 10.9 Å². The Labute approximate surface area is 150 Å². The van der Waals surface area contributed by atoms with E-state index in [2.05, 4.69) is 54.6 Å². The van der Waals surface area contributed by atoms with Gasteiger partial charge < -0.3 is 0 Å². The van der Waals surface area contributed by atoms with Crippen molar-refractivity contribution in [3.05, 3.63) is 65.7 Å². The minimum absolute atomic E-state index is 0.375. The maximum atomic E-state index is 6.59. The first-order chi connectivity index (χ1) is 11.3. The Balaban J connectivity index is 1.73. The molecule has 120 valence electrons. The number of aliphatic imine (C=N–C) groups is 1. The molecule has 1 saturated carbocycles. The van der Waals surface area contributed by atoms with Crippen LogP contribution in [0.25, 0.3) is 0 Å². The summed E-state index contributed by atoms with van der Waals surface area (Å²) in [6.07, 6.45) is 6.30. The van der Waals surface area contributed by atoms with Crippen LogP contribution in [0.5, 0.6) is 0 Å². The van der Waals surface area contributed by atoms with Crippen molar-refractivity contribution >= 4 is 36.2 Å². The number of hydrogen-bond donors (Lipinski definition) is 0. The van der Waals surface area contributed by atoms with Gasteiger partial charge in [-0.05, 0) is 0 Å². The Morgan fingerprint density at radius 2 is 1.65 bits per heavy atom. The van der Waals surface area contributed by atoms with Crippen LogP contribution in [-0.4, -0.2) is 26.2 Å². The molecule has 0 radical (unpaired) electrons. The predicted octanol–water partition coefficient (Wildman–Crippen LogP) is 4.53. The van der Waals surface area contributed by atoms with Gasteiger partial charge in [-0.2, -0.15) is 0 Å². The Hall–Kier alpha value is -1.08.